The lowest BCUT2D eigenvalue weighted by molar-refractivity contribution is 0.101. The summed E-state index contributed by atoms with van der Waals surface area (Å²) in [5, 5.41) is 7.77. The summed E-state index contributed by atoms with van der Waals surface area (Å²) in [4.78, 5) is 11.4. The molecule has 0 aliphatic heterocycles. The van der Waals surface area contributed by atoms with Crippen molar-refractivity contribution >= 4 is 15.8 Å². The average Bonchev–Trinajstić information content (AvgIpc) is 3.16. The SMILES string of the molecule is COc1cccc(-c2nnc(CNS(=O)(=O)c3cccc(C(C)=O)c3)o2)c1. The highest BCUT2D eigenvalue weighted by molar-refractivity contribution is 7.89. The third-order valence-corrected chi connectivity index (χ3v) is 5.15. The van der Waals surface area contributed by atoms with Crippen molar-refractivity contribution in [2.75, 3.05) is 7.11 Å². The summed E-state index contributed by atoms with van der Waals surface area (Å²) in [6, 6.07) is 12.9. The molecule has 3 aromatic rings. The summed E-state index contributed by atoms with van der Waals surface area (Å²) in [5.41, 5.74) is 0.973. The third kappa shape index (κ3) is 4.39. The molecule has 0 atom stereocenters. The van der Waals surface area contributed by atoms with E-state index < -0.39 is 10.0 Å². The van der Waals surface area contributed by atoms with Gasteiger partial charge in [0.1, 0.15) is 5.75 Å². The summed E-state index contributed by atoms with van der Waals surface area (Å²) in [5.74, 6) is 0.783. The van der Waals surface area contributed by atoms with Crippen LogP contribution in [0.15, 0.2) is 57.8 Å². The highest BCUT2D eigenvalue weighted by atomic mass is 32.2. The second-order valence-corrected chi connectivity index (χ2v) is 7.41. The van der Waals surface area contributed by atoms with E-state index in [2.05, 4.69) is 14.9 Å². The molecule has 140 valence electrons. The maximum absolute atomic E-state index is 12.4. The smallest absolute Gasteiger partial charge is 0.247 e. The Morgan fingerprint density at radius 2 is 1.93 bits per heavy atom. The number of sulfonamides is 1. The second kappa shape index (κ2) is 7.68. The van der Waals surface area contributed by atoms with Gasteiger partial charge in [0.15, 0.2) is 5.78 Å². The molecule has 0 amide bonds. The fraction of sp³-hybridized carbons (Fsp3) is 0.167. The van der Waals surface area contributed by atoms with Crippen molar-refractivity contribution in [1.29, 1.82) is 0 Å². The Hall–Kier alpha value is -3.04. The van der Waals surface area contributed by atoms with Gasteiger partial charge in [-0.05, 0) is 37.3 Å². The summed E-state index contributed by atoms with van der Waals surface area (Å²) in [6.07, 6.45) is 0. The number of benzene rings is 2. The van der Waals surface area contributed by atoms with E-state index in [1.165, 1.54) is 25.1 Å². The minimum absolute atomic E-state index is 0.0114. The number of aromatic nitrogens is 2. The number of hydrogen-bond acceptors (Lipinski definition) is 7. The van der Waals surface area contributed by atoms with Crippen LogP contribution in [0.2, 0.25) is 0 Å². The lowest BCUT2D eigenvalue weighted by Crippen LogP contribution is -2.23. The Morgan fingerprint density at radius 3 is 2.67 bits per heavy atom. The zero-order chi connectivity index (χ0) is 19.4. The first kappa shape index (κ1) is 18.7. The van der Waals surface area contributed by atoms with Gasteiger partial charge in [-0.25, -0.2) is 13.1 Å². The van der Waals surface area contributed by atoms with Crippen LogP contribution in [0.3, 0.4) is 0 Å². The third-order valence-electron chi connectivity index (χ3n) is 3.75. The molecule has 0 unspecified atom stereocenters. The van der Waals surface area contributed by atoms with Crippen LogP contribution in [0.5, 0.6) is 5.75 Å². The fourth-order valence-electron chi connectivity index (χ4n) is 2.32. The Balaban J connectivity index is 1.74. The highest BCUT2D eigenvalue weighted by Gasteiger charge is 2.17. The Bertz CT molecular complexity index is 1080. The standard InChI is InChI=1S/C18H17N3O5S/c1-12(22)13-5-4-8-16(10-13)27(23,24)19-11-17-20-21-18(26-17)14-6-3-7-15(9-14)25-2/h3-10,19H,11H2,1-2H3. The molecule has 0 radical (unpaired) electrons. The van der Waals surface area contributed by atoms with E-state index in [0.29, 0.717) is 16.9 Å². The first-order valence-corrected chi connectivity index (χ1v) is 9.45. The van der Waals surface area contributed by atoms with Crippen LogP contribution in [0.1, 0.15) is 23.2 Å². The molecule has 2 aromatic carbocycles. The number of methoxy groups -OCH3 is 1. The molecule has 27 heavy (non-hydrogen) atoms. The average molecular weight is 387 g/mol. The van der Waals surface area contributed by atoms with E-state index in [1.807, 2.05) is 0 Å². The van der Waals surface area contributed by atoms with E-state index in [4.69, 9.17) is 9.15 Å². The summed E-state index contributed by atoms with van der Waals surface area (Å²) >= 11 is 0. The minimum atomic E-state index is -3.83. The van der Waals surface area contributed by atoms with Crippen molar-refractivity contribution in [3.05, 3.63) is 60.0 Å². The van der Waals surface area contributed by atoms with Gasteiger partial charge >= 0.3 is 0 Å². The van der Waals surface area contributed by atoms with Gasteiger partial charge in [0.25, 0.3) is 0 Å². The first-order chi connectivity index (χ1) is 12.9. The van der Waals surface area contributed by atoms with Crippen molar-refractivity contribution in [2.24, 2.45) is 0 Å². The molecule has 0 aliphatic carbocycles. The van der Waals surface area contributed by atoms with Crippen LogP contribution in [0.4, 0.5) is 0 Å². The summed E-state index contributed by atoms with van der Waals surface area (Å²) in [7, 11) is -2.28. The number of ether oxygens (including phenoxy) is 1. The molecule has 0 saturated carbocycles. The number of carbonyl (C=O) groups excluding carboxylic acids is 1. The lowest BCUT2D eigenvalue weighted by atomic mass is 10.2. The fourth-order valence-corrected chi connectivity index (χ4v) is 3.34. The Morgan fingerprint density at radius 1 is 1.15 bits per heavy atom. The van der Waals surface area contributed by atoms with Crippen molar-refractivity contribution in [1.82, 2.24) is 14.9 Å². The van der Waals surface area contributed by atoms with E-state index in [1.54, 1.807) is 37.4 Å². The van der Waals surface area contributed by atoms with Crippen molar-refractivity contribution in [3.63, 3.8) is 0 Å². The second-order valence-electron chi connectivity index (χ2n) is 5.64. The number of hydrogen-bond donors (Lipinski definition) is 1. The highest BCUT2D eigenvalue weighted by Crippen LogP contribution is 2.22. The number of ketones is 1. The topological polar surface area (TPSA) is 111 Å². The molecule has 0 saturated heterocycles. The van der Waals surface area contributed by atoms with Crippen LogP contribution >= 0.6 is 0 Å². The molecular weight excluding hydrogens is 370 g/mol. The predicted molar refractivity (Wildman–Crippen MR) is 96.8 cm³/mol. The lowest BCUT2D eigenvalue weighted by Gasteiger charge is -2.06. The first-order valence-electron chi connectivity index (χ1n) is 7.96. The molecule has 0 aliphatic rings. The van der Waals surface area contributed by atoms with Gasteiger partial charge in [0.05, 0.1) is 18.6 Å². The zero-order valence-corrected chi connectivity index (χ0v) is 15.5. The normalized spacial score (nSPS) is 11.3. The number of carbonyl (C=O) groups is 1. The molecule has 1 aromatic heterocycles. The Labute approximate surface area is 156 Å². The zero-order valence-electron chi connectivity index (χ0n) is 14.7. The van der Waals surface area contributed by atoms with E-state index in [9.17, 15) is 13.2 Å². The molecular formula is C18H17N3O5S. The summed E-state index contributed by atoms with van der Waals surface area (Å²) < 4.78 is 37.9. The molecule has 1 N–H and O–H groups in total. The van der Waals surface area contributed by atoms with Gasteiger partial charge in [0.2, 0.25) is 21.8 Å². The molecule has 0 spiro atoms. The molecule has 9 heteroatoms. The van der Waals surface area contributed by atoms with Crippen LogP contribution < -0.4 is 9.46 Å². The van der Waals surface area contributed by atoms with Crippen LogP contribution in [0.25, 0.3) is 11.5 Å². The molecule has 8 nitrogen and oxygen atoms in total. The molecule has 0 bridgehead atoms. The molecule has 3 rings (SSSR count). The number of Topliss-reactive ketones (excluding diaryl/α,β-unsaturated/α-hetero) is 1. The van der Waals surface area contributed by atoms with Crippen molar-refractivity contribution in [3.8, 4) is 17.2 Å². The van der Waals surface area contributed by atoms with E-state index in [-0.39, 0.29) is 29.0 Å². The van der Waals surface area contributed by atoms with Gasteiger partial charge in [0, 0.05) is 11.1 Å². The quantitative estimate of drug-likeness (QED) is 0.620. The van der Waals surface area contributed by atoms with Gasteiger partial charge in [-0.15, -0.1) is 10.2 Å². The van der Waals surface area contributed by atoms with Crippen molar-refractivity contribution in [2.45, 2.75) is 18.4 Å². The molecule has 0 fully saturated rings. The maximum atomic E-state index is 12.4. The minimum Gasteiger partial charge on any atom is -0.497 e. The van der Waals surface area contributed by atoms with E-state index in [0.717, 1.165) is 0 Å². The van der Waals surface area contributed by atoms with Gasteiger partial charge < -0.3 is 9.15 Å². The van der Waals surface area contributed by atoms with E-state index >= 15 is 0 Å². The number of rotatable bonds is 7. The number of nitrogens with one attached hydrogen (secondary N) is 1. The van der Waals surface area contributed by atoms with Crippen LogP contribution in [0, 0.1) is 0 Å². The maximum Gasteiger partial charge on any atom is 0.247 e. The largest absolute Gasteiger partial charge is 0.497 e. The van der Waals surface area contributed by atoms with Gasteiger partial charge in [-0.2, -0.15) is 0 Å². The predicted octanol–water partition coefficient (Wildman–Crippen LogP) is 2.43. The number of nitrogens with zero attached hydrogens (tertiary/aromatic N) is 2. The van der Waals surface area contributed by atoms with Gasteiger partial charge in [-0.1, -0.05) is 18.2 Å². The van der Waals surface area contributed by atoms with Crippen molar-refractivity contribution < 1.29 is 22.4 Å². The monoisotopic (exact) mass is 387 g/mol. The Kier molecular flexibility index (Phi) is 5.33. The van der Waals surface area contributed by atoms with Crippen LogP contribution in [-0.4, -0.2) is 31.5 Å². The van der Waals surface area contributed by atoms with Crippen LogP contribution in [-0.2, 0) is 16.6 Å². The molecule has 1 heterocycles. The summed E-state index contributed by atoms with van der Waals surface area (Å²) in [6.45, 7) is 1.20. The van der Waals surface area contributed by atoms with Gasteiger partial charge in [-0.3, -0.25) is 4.79 Å².